The Morgan fingerprint density at radius 3 is 2.26 bits per heavy atom. The van der Waals surface area contributed by atoms with Crippen LogP contribution in [0.25, 0.3) is 0 Å². The van der Waals surface area contributed by atoms with Gasteiger partial charge < -0.3 is 18.9 Å². The van der Waals surface area contributed by atoms with E-state index in [1.807, 2.05) is 0 Å². The van der Waals surface area contributed by atoms with Gasteiger partial charge in [-0.05, 0) is 12.2 Å². The van der Waals surface area contributed by atoms with E-state index >= 15 is 0 Å². The topological polar surface area (TPSA) is 135 Å². The molecule has 166 valence electrons. The summed E-state index contributed by atoms with van der Waals surface area (Å²) >= 11 is 4.73. The van der Waals surface area contributed by atoms with Crippen molar-refractivity contribution in [3.8, 4) is 0 Å². The number of esters is 3. The van der Waals surface area contributed by atoms with Crippen molar-refractivity contribution in [3.63, 3.8) is 0 Å². The molecule has 0 spiro atoms. The van der Waals surface area contributed by atoms with Gasteiger partial charge in [0.15, 0.2) is 12.1 Å². The van der Waals surface area contributed by atoms with Crippen LogP contribution in [0.15, 0.2) is 35.3 Å². The summed E-state index contributed by atoms with van der Waals surface area (Å²) in [6.07, 6.45) is -2.63. The molecule has 0 radical (unpaired) electrons. The number of aliphatic imine (C=N–C) groups is 1. The van der Waals surface area contributed by atoms with E-state index in [0.717, 1.165) is 20.8 Å². The fourth-order valence-corrected chi connectivity index (χ4v) is 4.10. The van der Waals surface area contributed by atoms with E-state index in [-0.39, 0.29) is 5.56 Å². The van der Waals surface area contributed by atoms with Crippen LogP contribution in [-0.2, 0) is 49.2 Å². The van der Waals surface area contributed by atoms with Crippen molar-refractivity contribution in [2.45, 2.75) is 44.6 Å². The molecule has 2 rings (SSSR count). The van der Waals surface area contributed by atoms with Gasteiger partial charge in [0.25, 0.3) is 0 Å². The van der Waals surface area contributed by atoms with Gasteiger partial charge in [-0.1, -0.05) is 30.3 Å². The fraction of sp³-hybridized carbons (Fsp3) is 0.421. The van der Waals surface area contributed by atoms with E-state index in [1.165, 1.54) is 12.1 Å². The second-order valence-corrected chi connectivity index (χ2v) is 7.44. The monoisotopic (exact) mass is 469 g/mol. The second-order valence-electron chi connectivity index (χ2n) is 6.42. The van der Waals surface area contributed by atoms with Crippen LogP contribution in [0.5, 0.6) is 0 Å². The van der Waals surface area contributed by atoms with Gasteiger partial charge in [0, 0.05) is 26.3 Å². The third kappa shape index (κ3) is 5.42. The van der Waals surface area contributed by atoms with Crippen LogP contribution in [0.2, 0.25) is 0 Å². The van der Waals surface area contributed by atoms with Crippen molar-refractivity contribution < 1.29 is 41.7 Å². The minimum Gasteiger partial charge on any atom is -0.463 e. The predicted molar refractivity (Wildman–Crippen MR) is 110 cm³/mol. The molecule has 0 aromatic heterocycles. The van der Waals surface area contributed by atoms with Crippen LogP contribution in [0, 0.1) is 0 Å². The lowest BCUT2D eigenvalue weighted by Crippen LogP contribution is -2.65. The predicted octanol–water partition coefficient (Wildman–Crippen LogP) is 0.819. The molecule has 1 saturated heterocycles. The molecule has 0 aliphatic carbocycles. The smallest absolute Gasteiger partial charge is 0.304 e. The Morgan fingerprint density at radius 2 is 1.77 bits per heavy atom. The number of benzene rings is 1. The number of thiocarbonyl (C=S) groups is 1. The minimum atomic E-state index is -3.06. The molecule has 1 aromatic rings. The first kappa shape index (κ1) is 24.4. The van der Waals surface area contributed by atoms with E-state index in [9.17, 15) is 22.8 Å². The lowest BCUT2D eigenvalue weighted by molar-refractivity contribution is -0.181. The number of carbonyl (C=O) groups is 3. The van der Waals surface area contributed by atoms with Crippen molar-refractivity contribution in [3.05, 3.63) is 35.9 Å². The maximum Gasteiger partial charge on any atom is 0.304 e. The lowest BCUT2D eigenvalue weighted by atomic mass is 9.80. The summed E-state index contributed by atoms with van der Waals surface area (Å²) in [5, 5.41) is 1.42. The molecule has 1 heterocycles. The number of isothiocyanates is 1. The molecular weight excluding hydrogens is 450 g/mol. The van der Waals surface area contributed by atoms with E-state index in [0.29, 0.717) is 0 Å². The first-order chi connectivity index (χ1) is 14.6. The standard InChI is InChI=1S/C19H19NO9S2/c1-11(21)26-9-15-16(27-12(2)22)17(20-10-30)19(29-13(3)23,18(28-15)31(24)25)14-7-5-4-6-8-14/h4-8,15-17H,9H2,1-3H3/t15-,16-,17+,19-/m1/s1. The van der Waals surface area contributed by atoms with Gasteiger partial charge in [0.05, 0.1) is 5.16 Å². The minimum absolute atomic E-state index is 0.173. The molecule has 0 saturated carbocycles. The highest BCUT2D eigenvalue weighted by Gasteiger charge is 2.61. The molecule has 1 aliphatic heterocycles. The van der Waals surface area contributed by atoms with E-state index in [1.54, 1.807) is 18.2 Å². The van der Waals surface area contributed by atoms with Gasteiger partial charge in [-0.25, -0.2) is 4.99 Å². The van der Waals surface area contributed by atoms with Crippen LogP contribution in [-0.4, -0.2) is 61.4 Å². The Bertz CT molecular complexity index is 1040. The summed E-state index contributed by atoms with van der Waals surface area (Å²) in [7, 11) is -3.06. The highest BCUT2D eigenvalue weighted by atomic mass is 32.2. The maximum atomic E-state index is 12.2. The summed E-state index contributed by atoms with van der Waals surface area (Å²) < 4.78 is 45.9. The Balaban J connectivity index is 2.85. The second kappa shape index (κ2) is 10.4. The first-order valence-corrected chi connectivity index (χ1v) is 10.4. The Kier molecular flexibility index (Phi) is 8.17. The molecular formula is C19H19NO9S2. The average molecular weight is 469 g/mol. The summed E-state index contributed by atoms with van der Waals surface area (Å²) in [6.45, 7) is 2.85. The Labute approximate surface area is 184 Å². The van der Waals surface area contributed by atoms with E-state index in [2.05, 4.69) is 10.2 Å². The van der Waals surface area contributed by atoms with Crippen molar-refractivity contribution in [2.75, 3.05) is 6.61 Å². The van der Waals surface area contributed by atoms with Gasteiger partial charge in [-0.2, -0.15) is 8.42 Å². The van der Waals surface area contributed by atoms with E-state index < -0.39 is 63.7 Å². The normalized spacial score (nSPS) is 25.0. The summed E-state index contributed by atoms with van der Waals surface area (Å²) in [6, 6.07) is 6.38. The molecule has 1 aliphatic rings. The zero-order valence-electron chi connectivity index (χ0n) is 16.8. The largest absolute Gasteiger partial charge is 0.463 e. The van der Waals surface area contributed by atoms with Crippen LogP contribution in [0.3, 0.4) is 0 Å². The maximum absolute atomic E-state index is 12.2. The molecule has 10 nitrogen and oxygen atoms in total. The fourth-order valence-electron chi connectivity index (χ4n) is 3.25. The third-order valence-electron chi connectivity index (χ3n) is 4.26. The zero-order valence-corrected chi connectivity index (χ0v) is 18.4. The van der Waals surface area contributed by atoms with Crippen LogP contribution in [0.4, 0.5) is 0 Å². The van der Waals surface area contributed by atoms with E-state index in [4.69, 9.17) is 31.2 Å². The van der Waals surface area contributed by atoms with Crippen molar-refractivity contribution >= 4 is 50.6 Å². The molecule has 12 heteroatoms. The summed E-state index contributed by atoms with van der Waals surface area (Å²) in [5.41, 5.74) is -1.98. The molecule has 4 atom stereocenters. The van der Waals surface area contributed by atoms with Gasteiger partial charge in [-0.3, -0.25) is 14.4 Å². The van der Waals surface area contributed by atoms with Crippen LogP contribution < -0.4 is 0 Å². The summed E-state index contributed by atoms with van der Waals surface area (Å²) in [4.78, 5) is 39.2. The zero-order chi connectivity index (χ0) is 23.2. The summed E-state index contributed by atoms with van der Waals surface area (Å²) in [5.74, 6) is -2.30. The molecule has 0 amide bonds. The number of hydrogen-bond donors (Lipinski definition) is 0. The van der Waals surface area contributed by atoms with Crippen LogP contribution >= 0.6 is 12.2 Å². The number of ether oxygens (including phenoxy) is 4. The first-order valence-electron chi connectivity index (χ1n) is 8.89. The van der Waals surface area contributed by atoms with Gasteiger partial charge in [-0.15, -0.1) is 0 Å². The molecule has 0 bridgehead atoms. The lowest BCUT2D eigenvalue weighted by Gasteiger charge is -2.46. The number of rotatable bonds is 6. The molecule has 1 fully saturated rings. The Hall–Kier alpha value is -2.92. The Morgan fingerprint density at radius 1 is 1.13 bits per heavy atom. The number of hydrogen-bond acceptors (Lipinski definition) is 11. The number of carbonyl (C=O) groups excluding carboxylic acids is 3. The number of nitrogens with zero attached hydrogens (tertiary/aromatic N) is 1. The highest BCUT2D eigenvalue weighted by molar-refractivity contribution is 7.78. The van der Waals surface area contributed by atoms with Crippen molar-refractivity contribution in [2.24, 2.45) is 4.99 Å². The molecule has 31 heavy (non-hydrogen) atoms. The quantitative estimate of drug-likeness (QED) is 0.255. The highest BCUT2D eigenvalue weighted by Crippen LogP contribution is 2.41. The molecule has 0 unspecified atom stereocenters. The van der Waals surface area contributed by atoms with Gasteiger partial charge in [0.2, 0.25) is 20.9 Å². The van der Waals surface area contributed by atoms with Crippen LogP contribution in [0.1, 0.15) is 26.3 Å². The molecule has 1 aromatic carbocycles. The average Bonchev–Trinajstić information content (AvgIpc) is 2.69. The SMILES string of the molecule is CC(=O)OC[C@H]1OC(=S(=O)=O)[C@@](OC(C)=O)(c2ccccc2)[C@@H](N=C=S)[C@@H]1OC(C)=O. The van der Waals surface area contributed by atoms with Crippen molar-refractivity contribution in [1.82, 2.24) is 0 Å². The third-order valence-corrected chi connectivity index (χ3v) is 5.07. The van der Waals surface area contributed by atoms with Crippen molar-refractivity contribution in [1.29, 1.82) is 0 Å². The van der Waals surface area contributed by atoms with Gasteiger partial charge >= 0.3 is 17.9 Å². The molecule has 0 N–H and O–H groups in total. The van der Waals surface area contributed by atoms with Gasteiger partial charge in [0.1, 0.15) is 12.7 Å².